The molecule has 0 atom stereocenters. The molecule has 7 heteroatoms. The first kappa shape index (κ1) is 13.9. The number of halogens is 1. The van der Waals surface area contributed by atoms with Crippen LogP contribution in [0.25, 0.3) is 5.69 Å². The Labute approximate surface area is 114 Å². The number of anilines is 1. The maximum absolute atomic E-state index is 13.5. The number of hydrogen-bond donors (Lipinski definition) is 1. The molecule has 0 unspecified atom stereocenters. The first-order valence-corrected chi connectivity index (χ1v) is 5.92. The molecule has 1 aromatic carbocycles. The number of esters is 1. The molecule has 20 heavy (non-hydrogen) atoms. The second kappa shape index (κ2) is 5.60. The number of nitrogens with zero attached hydrogens (tertiary/aromatic N) is 2. The molecule has 0 spiro atoms. The standard InChI is InChI=1S/C13H14FN3O3/c1-3-20-13(18)8-6-16-17(7-8)11-5-12(19-2)9(14)4-10(11)15/h4-7H,3,15H2,1-2H3. The highest BCUT2D eigenvalue weighted by molar-refractivity contribution is 5.89. The predicted octanol–water partition coefficient (Wildman–Crippen LogP) is 1.78. The number of carbonyl (C=O) groups is 1. The number of nitrogen functional groups attached to an aromatic ring is 1. The van der Waals surface area contributed by atoms with E-state index in [0.29, 0.717) is 5.69 Å². The minimum Gasteiger partial charge on any atom is -0.494 e. The first-order chi connectivity index (χ1) is 9.56. The Bertz CT molecular complexity index is 640. The van der Waals surface area contributed by atoms with Crippen LogP contribution in [-0.2, 0) is 4.74 Å². The molecule has 0 saturated heterocycles. The monoisotopic (exact) mass is 279 g/mol. The normalized spacial score (nSPS) is 10.3. The third-order valence-corrected chi connectivity index (χ3v) is 2.64. The van der Waals surface area contributed by atoms with Crippen LogP contribution in [0.3, 0.4) is 0 Å². The van der Waals surface area contributed by atoms with Crippen molar-refractivity contribution in [2.75, 3.05) is 19.5 Å². The van der Waals surface area contributed by atoms with E-state index in [0.717, 1.165) is 6.07 Å². The lowest BCUT2D eigenvalue weighted by molar-refractivity contribution is 0.0526. The van der Waals surface area contributed by atoms with Crippen molar-refractivity contribution in [3.05, 3.63) is 35.9 Å². The minimum atomic E-state index is -0.563. The number of ether oxygens (including phenoxy) is 2. The van der Waals surface area contributed by atoms with Crippen LogP contribution in [0.4, 0.5) is 10.1 Å². The highest BCUT2D eigenvalue weighted by Gasteiger charge is 2.14. The van der Waals surface area contributed by atoms with Gasteiger partial charge in [-0.1, -0.05) is 0 Å². The number of carbonyl (C=O) groups excluding carboxylic acids is 1. The van der Waals surface area contributed by atoms with Crippen LogP contribution in [0.5, 0.6) is 5.75 Å². The van der Waals surface area contributed by atoms with E-state index in [4.69, 9.17) is 15.2 Å². The summed E-state index contributed by atoms with van der Waals surface area (Å²) in [6.07, 6.45) is 2.81. The van der Waals surface area contributed by atoms with Gasteiger partial charge in [0.1, 0.15) is 0 Å². The van der Waals surface area contributed by atoms with Crippen LogP contribution in [0.15, 0.2) is 24.5 Å². The highest BCUT2D eigenvalue weighted by atomic mass is 19.1. The van der Waals surface area contributed by atoms with Gasteiger partial charge in [0, 0.05) is 18.3 Å². The van der Waals surface area contributed by atoms with Crippen LogP contribution < -0.4 is 10.5 Å². The average molecular weight is 279 g/mol. The fourth-order valence-electron chi connectivity index (χ4n) is 1.69. The number of benzene rings is 1. The number of nitrogens with two attached hydrogens (primary N) is 1. The molecule has 2 aromatic rings. The van der Waals surface area contributed by atoms with Gasteiger partial charge in [-0.25, -0.2) is 13.9 Å². The zero-order valence-corrected chi connectivity index (χ0v) is 11.1. The molecule has 106 valence electrons. The SMILES string of the molecule is CCOC(=O)c1cnn(-c2cc(OC)c(F)cc2N)c1. The smallest absolute Gasteiger partial charge is 0.341 e. The fraction of sp³-hybridized carbons (Fsp3) is 0.231. The second-order valence-corrected chi connectivity index (χ2v) is 3.94. The minimum absolute atomic E-state index is 0.0439. The zero-order valence-electron chi connectivity index (χ0n) is 11.1. The Morgan fingerprint density at radius 1 is 1.50 bits per heavy atom. The molecule has 6 nitrogen and oxygen atoms in total. The molecule has 1 aromatic heterocycles. The van der Waals surface area contributed by atoms with Crippen molar-refractivity contribution in [1.29, 1.82) is 0 Å². The van der Waals surface area contributed by atoms with Gasteiger partial charge >= 0.3 is 5.97 Å². The van der Waals surface area contributed by atoms with Gasteiger partial charge < -0.3 is 15.2 Å². The summed E-state index contributed by atoms with van der Waals surface area (Å²) >= 11 is 0. The third kappa shape index (κ3) is 2.56. The van der Waals surface area contributed by atoms with Crippen molar-refractivity contribution in [1.82, 2.24) is 9.78 Å². The van der Waals surface area contributed by atoms with Crippen molar-refractivity contribution in [3.63, 3.8) is 0 Å². The largest absolute Gasteiger partial charge is 0.494 e. The topological polar surface area (TPSA) is 79.4 Å². The Hall–Kier alpha value is -2.57. The molecule has 1 heterocycles. The maximum Gasteiger partial charge on any atom is 0.341 e. The summed E-state index contributed by atoms with van der Waals surface area (Å²) in [6, 6.07) is 2.55. The molecule has 0 radical (unpaired) electrons. The molecule has 2 rings (SSSR count). The number of hydrogen-bond acceptors (Lipinski definition) is 5. The molecular weight excluding hydrogens is 265 g/mol. The molecule has 2 N–H and O–H groups in total. The van der Waals surface area contributed by atoms with Crippen molar-refractivity contribution in [2.24, 2.45) is 0 Å². The summed E-state index contributed by atoms with van der Waals surface area (Å²) in [5.74, 6) is -1.000. The zero-order chi connectivity index (χ0) is 14.7. The van der Waals surface area contributed by atoms with Crippen LogP contribution >= 0.6 is 0 Å². The molecule has 0 aliphatic carbocycles. The summed E-state index contributed by atoms with van der Waals surface area (Å²) in [5.41, 5.74) is 6.63. The quantitative estimate of drug-likeness (QED) is 0.681. The van der Waals surface area contributed by atoms with Gasteiger partial charge in [-0.2, -0.15) is 5.10 Å². The van der Waals surface area contributed by atoms with E-state index in [2.05, 4.69) is 5.10 Å². The lowest BCUT2D eigenvalue weighted by Gasteiger charge is -2.09. The van der Waals surface area contributed by atoms with Crippen molar-refractivity contribution in [2.45, 2.75) is 6.92 Å². The van der Waals surface area contributed by atoms with E-state index in [1.54, 1.807) is 6.92 Å². The molecule has 0 aliphatic heterocycles. The summed E-state index contributed by atoms with van der Waals surface area (Å²) in [5, 5.41) is 4.01. The van der Waals surface area contributed by atoms with Crippen LogP contribution in [0.2, 0.25) is 0 Å². The van der Waals surface area contributed by atoms with Gasteiger partial charge in [-0.15, -0.1) is 0 Å². The molecule has 0 amide bonds. The third-order valence-electron chi connectivity index (χ3n) is 2.64. The van der Waals surface area contributed by atoms with Gasteiger partial charge in [0.25, 0.3) is 0 Å². The summed E-state index contributed by atoms with van der Waals surface area (Å²) in [7, 11) is 1.35. The van der Waals surface area contributed by atoms with E-state index in [1.165, 1.54) is 30.3 Å². The first-order valence-electron chi connectivity index (χ1n) is 5.92. The summed E-state index contributed by atoms with van der Waals surface area (Å²) in [6.45, 7) is 1.99. The molecule has 0 fully saturated rings. The van der Waals surface area contributed by atoms with E-state index in [-0.39, 0.29) is 23.6 Å². The van der Waals surface area contributed by atoms with E-state index in [9.17, 15) is 9.18 Å². The van der Waals surface area contributed by atoms with Crippen molar-refractivity contribution >= 4 is 11.7 Å². The lowest BCUT2D eigenvalue weighted by Crippen LogP contribution is -2.04. The van der Waals surface area contributed by atoms with Gasteiger partial charge in [0.15, 0.2) is 11.6 Å². The van der Waals surface area contributed by atoms with E-state index >= 15 is 0 Å². The molecule has 0 saturated carbocycles. The van der Waals surface area contributed by atoms with Crippen molar-refractivity contribution < 1.29 is 18.7 Å². The van der Waals surface area contributed by atoms with Gasteiger partial charge in [0.2, 0.25) is 0 Å². The summed E-state index contributed by atoms with van der Waals surface area (Å²) in [4.78, 5) is 11.6. The number of methoxy groups -OCH3 is 1. The van der Waals surface area contributed by atoms with Crippen LogP contribution in [0, 0.1) is 5.82 Å². The van der Waals surface area contributed by atoms with E-state index in [1.807, 2.05) is 0 Å². The highest BCUT2D eigenvalue weighted by Crippen LogP contribution is 2.26. The predicted molar refractivity (Wildman–Crippen MR) is 70.4 cm³/mol. The molecule has 0 bridgehead atoms. The van der Waals surface area contributed by atoms with Gasteiger partial charge in [0.05, 0.1) is 36.9 Å². The van der Waals surface area contributed by atoms with Gasteiger partial charge in [-0.05, 0) is 6.92 Å². The number of rotatable bonds is 4. The Balaban J connectivity index is 2.39. The average Bonchev–Trinajstić information content (AvgIpc) is 2.89. The Morgan fingerprint density at radius 3 is 2.90 bits per heavy atom. The van der Waals surface area contributed by atoms with Gasteiger partial charge in [-0.3, -0.25) is 0 Å². The maximum atomic E-state index is 13.5. The van der Waals surface area contributed by atoms with Crippen LogP contribution in [-0.4, -0.2) is 29.5 Å². The van der Waals surface area contributed by atoms with E-state index < -0.39 is 11.8 Å². The van der Waals surface area contributed by atoms with Crippen LogP contribution in [0.1, 0.15) is 17.3 Å². The summed E-state index contributed by atoms with van der Waals surface area (Å²) < 4.78 is 24.6. The molecular formula is C13H14FN3O3. The van der Waals surface area contributed by atoms with Crippen molar-refractivity contribution in [3.8, 4) is 11.4 Å². The molecule has 0 aliphatic rings. The second-order valence-electron chi connectivity index (χ2n) is 3.94. The fourth-order valence-corrected chi connectivity index (χ4v) is 1.69. The lowest BCUT2D eigenvalue weighted by atomic mass is 10.2. The Kier molecular flexibility index (Phi) is 3.88. The number of aromatic nitrogens is 2. The Morgan fingerprint density at radius 2 is 2.25 bits per heavy atom.